The summed E-state index contributed by atoms with van der Waals surface area (Å²) in [5, 5.41) is 0. The summed E-state index contributed by atoms with van der Waals surface area (Å²) in [7, 11) is -2.42. The van der Waals surface area contributed by atoms with Crippen molar-refractivity contribution >= 4 is 27.6 Å². The molecule has 1 aromatic carbocycles. The number of rotatable bonds is 6. The average molecular weight is 407 g/mol. The van der Waals surface area contributed by atoms with Crippen molar-refractivity contribution < 1.29 is 32.3 Å². The van der Waals surface area contributed by atoms with Crippen molar-refractivity contribution in [2.24, 2.45) is 0 Å². The van der Waals surface area contributed by atoms with Crippen molar-refractivity contribution in [3.05, 3.63) is 52.3 Å². The fourth-order valence-corrected chi connectivity index (χ4v) is 3.72. The Balaban J connectivity index is 2.30. The van der Waals surface area contributed by atoms with E-state index >= 15 is 0 Å². The topological polar surface area (TPSA) is 120 Å². The number of ketones is 1. The molecule has 1 aromatic heterocycles. The largest absolute Gasteiger partial charge is 0.465 e. The van der Waals surface area contributed by atoms with E-state index in [1.165, 1.54) is 38.3 Å². The van der Waals surface area contributed by atoms with E-state index in [4.69, 9.17) is 9.47 Å². The Morgan fingerprint density at radius 3 is 2.25 bits per heavy atom. The molecule has 2 aromatic rings. The number of nitrogens with one attached hydrogen (secondary N) is 1. The second-order valence-electron chi connectivity index (χ2n) is 6.30. The predicted molar refractivity (Wildman–Crippen MR) is 100 cm³/mol. The van der Waals surface area contributed by atoms with Crippen LogP contribution in [-0.4, -0.2) is 50.6 Å². The minimum Gasteiger partial charge on any atom is -0.465 e. The Hall–Kier alpha value is -2.94. The van der Waals surface area contributed by atoms with Crippen LogP contribution in [0.3, 0.4) is 0 Å². The van der Waals surface area contributed by atoms with E-state index < -0.39 is 33.7 Å². The zero-order valence-corrected chi connectivity index (χ0v) is 17.0. The monoisotopic (exact) mass is 407 g/mol. The molecule has 8 nitrogen and oxygen atoms in total. The summed E-state index contributed by atoms with van der Waals surface area (Å²) >= 11 is 0. The van der Waals surface area contributed by atoms with Gasteiger partial charge in [0.15, 0.2) is 15.9 Å². The van der Waals surface area contributed by atoms with Gasteiger partial charge in [-0.25, -0.2) is 18.0 Å². The summed E-state index contributed by atoms with van der Waals surface area (Å²) in [4.78, 5) is 39.7. The number of Topliss-reactive ketones (excluding diaryl/α,β-unsaturated/α-hetero) is 1. The summed E-state index contributed by atoms with van der Waals surface area (Å²) in [6, 6.07) is 5.59. The van der Waals surface area contributed by atoms with Gasteiger partial charge < -0.3 is 14.5 Å². The number of carbonyl (C=O) groups is 3. The van der Waals surface area contributed by atoms with Crippen LogP contribution in [0.1, 0.15) is 49.4 Å². The fourth-order valence-electron chi connectivity index (χ4n) is 2.84. The fraction of sp³-hybridized carbons (Fsp3) is 0.316. The maximum absolute atomic E-state index is 12.7. The van der Waals surface area contributed by atoms with Gasteiger partial charge in [0.2, 0.25) is 5.78 Å². The molecule has 1 atom stereocenters. The zero-order chi connectivity index (χ0) is 21.2. The highest BCUT2D eigenvalue weighted by Gasteiger charge is 2.28. The molecule has 0 saturated heterocycles. The minimum atomic E-state index is -3.65. The summed E-state index contributed by atoms with van der Waals surface area (Å²) in [6.45, 7) is 4.57. The van der Waals surface area contributed by atoms with Crippen molar-refractivity contribution in [2.75, 3.05) is 13.4 Å². The average Bonchev–Trinajstić information content (AvgIpc) is 2.93. The third-order valence-electron chi connectivity index (χ3n) is 4.23. The molecule has 0 bridgehead atoms. The lowest BCUT2D eigenvalue weighted by atomic mass is 10.1. The number of hydrogen-bond acceptors (Lipinski definition) is 7. The van der Waals surface area contributed by atoms with Gasteiger partial charge in [0.1, 0.15) is 0 Å². The number of aryl methyl sites for hydroxylation is 1. The number of aromatic amines is 1. The molecule has 9 heteroatoms. The molecular weight excluding hydrogens is 386 g/mol. The number of benzene rings is 1. The number of ether oxygens (including phenoxy) is 2. The smallest absolute Gasteiger partial charge is 0.340 e. The van der Waals surface area contributed by atoms with E-state index in [0.717, 1.165) is 6.26 Å². The summed E-state index contributed by atoms with van der Waals surface area (Å²) in [5.74, 6) is -2.08. The third-order valence-corrected chi connectivity index (χ3v) is 5.39. The van der Waals surface area contributed by atoms with Gasteiger partial charge in [-0.05, 0) is 38.5 Å². The molecule has 0 aliphatic carbocycles. The van der Waals surface area contributed by atoms with E-state index in [-0.39, 0.29) is 21.7 Å². The van der Waals surface area contributed by atoms with Crippen molar-refractivity contribution in [3.8, 4) is 0 Å². The van der Waals surface area contributed by atoms with Gasteiger partial charge in [0, 0.05) is 11.9 Å². The molecule has 0 unspecified atom stereocenters. The lowest BCUT2D eigenvalue weighted by molar-refractivity contribution is 0.0313. The maximum Gasteiger partial charge on any atom is 0.340 e. The van der Waals surface area contributed by atoms with E-state index in [1.807, 2.05) is 0 Å². The van der Waals surface area contributed by atoms with Gasteiger partial charge in [0.25, 0.3) is 0 Å². The van der Waals surface area contributed by atoms with Crippen molar-refractivity contribution in [2.45, 2.75) is 31.8 Å². The van der Waals surface area contributed by atoms with Crippen LogP contribution in [0, 0.1) is 13.8 Å². The highest BCUT2D eigenvalue weighted by molar-refractivity contribution is 7.90. The Morgan fingerprint density at radius 2 is 1.68 bits per heavy atom. The number of H-pyrrole nitrogens is 1. The molecule has 0 aliphatic heterocycles. The van der Waals surface area contributed by atoms with E-state index in [2.05, 4.69) is 4.98 Å². The molecule has 150 valence electrons. The van der Waals surface area contributed by atoms with E-state index in [9.17, 15) is 22.8 Å². The second kappa shape index (κ2) is 7.97. The normalized spacial score (nSPS) is 12.3. The van der Waals surface area contributed by atoms with Gasteiger partial charge in [-0.15, -0.1) is 0 Å². The van der Waals surface area contributed by atoms with Gasteiger partial charge in [-0.1, -0.05) is 12.1 Å². The van der Waals surface area contributed by atoms with Crippen LogP contribution in [0.4, 0.5) is 0 Å². The number of methoxy groups -OCH3 is 1. The number of aromatic nitrogens is 1. The number of esters is 2. The number of hydrogen-bond donors (Lipinski definition) is 1. The molecular formula is C19H21NO7S. The van der Waals surface area contributed by atoms with E-state index in [0.29, 0.717) is 11.3 Å². The molecule has 0 amide bonds. The van der Waals surface area contributed by atoms with Crippen LogP contribution < -0.4 is 0 Å². The van der Waals surface area contributed by atoms with Crippen LogP contribution in [0.5, 0.6) is 0 Å². The molecule has 1 N–H and O–H groups in total. The number of carbonyl (C=O) groups excluding carboxylic acids is 3. The molecule has 28 heavy (non-hydrogen) atoms. The quantitative estimate of drug-likeness (QED) is 0.576. The highest BCUT2D eigenvalue weighted by Crippen LogP contribution is 2.22. The predicted octanol–water partition coefficient (Wildman–Crippen LogP) is 2.25. The van der Waals surface area contributed by atoms with Crippen LogP contribution in [-0.2, 0) is 19.3 Å². The van der Waals surface area contributed by atoms with Crippen molar-refractivity contribution in [3.63, 3.8) is 0 Å². The van der Waals surface area contributed by atoms with Gasteiger partial charge >= 0.3 is 11.9 Å². The first-order valence-corrected chi connectivity index (χ1v) is 10.2. The standard InChI is InChI=1S/C19H21NO7S/c1-10-15(19(23)26-4)11(2)20-16(10)17(21)12(3)27-18(22)13-8-6-7-9-14(13)28(5,24)25/h6-9,12,20H,1-5H3/t12-/m1/s1. The molecule has 0 aliphatic rings. The van der Waals surface area contributed by atoms with Crippen molar-refractivity contribution in [1.82, 2.24) is 4.98 Å². The first kappa shape index (κ1) is 21.4. The van der Waals surface area contributed by atoms with Crippen LogP contribution in [0.2, 0.25) is 0 Å². The zero-order valence-electron chi connectivity index (χ0n) is 16.2. The van der Waals surface area contributed by atoms with Crippen molar-refractivity contribution in [1.29, 1.82) is 0 Å². The van der Waals surface area contributed by atoms with Gasteiger partial charge in [0.05, 0.1) is 28.8 Å². The summed E-state index contributed by atoms with van der Waals surface area (Å²) < 4.78 is 33.6. The molecule has 2 rings (SSSR count). The molecule has 0 radical (unpaired) electrons. The molecule has 0 fully saturated rings. The number of sulfone groups is 1. The Labute approximate surface area is 162 Å². The Morgan fingerprint density at radius 1 is 1.07 bits per heavy atom. The molecule has 1 heterocycles. The Kier molecular flexibility index (Phi) is 6.08. The lowest BCUT2D eigenvalue weighted by Crippen LogP contribution is -2.26. The second-order valence-corrected chi connectivity index (χ2v) is 8.28. The SMILES string of the molecule is COC(=O)c1c(C)[nH]c(C(=O)[C@@H](C)OC(=O)c2ccccc2S(C)(=O)=O)c1C. The molecule has 0 saturated carbocycles. The lowest BCUT2D eigenvalue weighted by Gasteiger charge is -2.13. The maximum atomic E-state index is 12.7. The first-order chi connectivity index (χ1) is 13.0. The van der Waals surface area contributed by atoms with Gasteiger partial charge in [-0.2, -0.15) is 0 Å². The van der Waals surface area contributed by atoms with Gasteiger partial charge in [-0.3, -0.25) is 4.79 Å². The molecule has 0 spiro atoms. The Bertz CT molecular complexity index is 1050. The summed E-state index contributed by atoms with van der Waals surface area (Å²) in [5.41, 5.74) is 1.04. The first-order valence-electron chi connectivity index (χ1n) is 8.30. The van der Waals surface area contributed by atoms with E-state index in [1.54, 1.807) is 13.8 Å². The van der Waals surface area contributed by atoms with Crippen LogP contribution >= 0.6 is 0 Å². The van der Waals surface area contributed by atoms with Crippen LogP contribution in [0.25, 0.3) is 0 Å². The third kappa shape index (κ3) is 4.14. The highest BCUT2D eigenvalue weighted by atomic mass is 32.2. The minimum absolute atomic E-state index is 0.120. The summed E-state index contributed by atoms with van der Waals surface area (Å²) in [6.07, 6.45) is -0.227. The van der Waals surface area contributed by atoms with Crippen LogP contribution in [0.15, 0.2) is 29.2 Å².